The van der Waals surface area contributed by atoms with Gasteiger partial charge >= 0.3 is 0 Å². The molecule has 0 saturated heterocycles. The van der Waals surface area contributed by atoms with Crippen LogP contribution in [0, 0.1) is 5.92 Å². The molecule has 0 saturated carbocycles. The summed E-state index contributed by atoms with van der Waals surface area (Å²) < 4.78 is 0. The average molecular weight is 295 g/mol. The molecule has 1 atom stereocenters. The molecule has 1 nitrogen and oxygen atoms in total. The highest BCUT2D eigenvalue weighted by atomic mass is 32.1. The Hall–Kier alpha value is -1.64. The van der Waals surface area contributed by atoms with Crippen LogP contribution in [-0.4, -0.2) is 0 Å². The van der Waals surface area contributed by atoms with Gasteiger partial charge in [-0.15, -0.1) is 11.3 Å². The summed E-state index contributed by atoms with van der Waals surface area (Å²) in [7, 11) is 0. The van der Waals surface area contributed by atoms with Crippen molar-refractivity contribution in [2.45, 2.75) is 26.4 Å². The molecule has 2 aromatic carbocycles. The fourth-order valence-electron chi connectivity index (χ4n) is 2.71. The van der Waals surface area contributed by atoms with Gasteiger partial charge in [-0.05, 0) is 39.8 Å². The molecule has 0 amide bonds. The number of hydrogen-bond acceptors (Lipinski definition) is 2. The van der Waals surface area contributed by atoms with Gasteiger partial charge in [-0.2, -0.15) is 0 Å². The van der Waals surface area contributed by atoms with E-state index in [-0.39, 0.29) is 0 Å². The molecule has 0 aliphatic rings. The summed E-state index contributed by atoms with van der Waals surface area (Å²) in [5.74, 6) is 0.587. The molecule has 0 radical (unpaired) electrons. The lowest BCUT2D eigenvalue weighted by atomic mass is 10.0. The van der Waals surface area contributed by atoms with Crippen molar-refractivity contribution in [3.63, 3.8) is 0 Å². The lowest BCUT2D eigenvalue weighted by molar-refractivity contribution is 0.416. The zero-order valence-corrected chi connectivity index (χ0v) is 13.4. The van der Waals surface area contributed by atoms with Crippen molar-refractivity contribution in [3.05, 3.63) is 70.4 Å². The first-order valence-corrected chi connectivity index (χ1v) is 8.36. The third-order valence-corrected chi connectivity index (χ3v) is 4.81. The summed E-state index contributed by atoms with van der Waals surface area (Å²) in [5.41, 5.74) is 1.34. The highest BCUT2D eigenvalue weighted by Crippen LogP contribution is 2.26. The second kappa shape index (κ2) is 6.42. The molecule has 0 aliphatic carbocycles. The number of fused-ring (bicyclic) bond motifs is 1. The molecule has 0 fully saturated rings. The van der Waals surface area contributed by atoms with Gasteiger partial charge < -0.3 is 5.32 Å². The predicted octanol–water partition coefficient (Wildman–Crippen LogP) is 5.39. The molecule has 1 heterocycles. The van der Waals surface area contributed by atoms with Crippen LogP contribution < -0.4 is 5.32 Å². The van der Waals surface area contributed by atoms with Gasteiger partial charge in [0.05, 0.1) is 0 Å². The van der Waals surface area contributed by atoms with E-state index >= 15 is 0 Å². The van der Waals surface area contributed by atoms with E-state index in [0.717, 1.165) is 6.54 Å². The largest absolute Gasteiger partial charge is 0.305 e. The Bertz CT molecular complexity index is 700. The van der Waals surface area contributed by atoms with Gasteiger partial charge in [-0.1, -0.05) is 56.3 Å². The minimum Gasteiger partial charge on any atom is -0.305 e. The van der Waals surface area contributed by atoms with E-state index in [9.17, 15) is 0 Å². The molecule has 3 rings (SSSR count). The molecule has 0 aliphatic heterocycles. The third-order valence-electron chi connectivity index (χ3n) is 3.86. The number of benzene rings is 2. The Morgan fingerprint density at radius 1 is 0.952 bits per heavy atom. The van der Waals surface area contributed by atoms with Gasteiger partial charge in [0.25, 0.3) is 0 Å². The van der Waals surface area contributed by atoms with E-state index in [1.165, 1.54) is 21.2 Å². The first-order chi connectivity index (χ1) is 10.2. The number of rotatable bonds is 5. The van der Waals surface area contributed by atoms with Gasteiger partial charge in [-0.25, -0.2) is 0 Å². The van der Waals surface area contributed by atoms with Crippen molar-refractivity contribution in [1.82, 2.24) is 5.32 Å². The van der Waals surface area contributed by atoms with Crippen LogP contribution in [0.3, 0.4) is 0 Å². The van der Waals surface area contributed by atoms with Crippen molar-refractivity contribution in [3.8, 4) is 0 Å². The van der Waals surface area contributed by atoms with Crippen molar-refractivity contribution >= 4 is 22.1 Å². The van der Waals surface area contributed by atoms with Crippen LogP contribution in [0.2, 0.25) is 0 Å². The second-order valence-corrected chi connectivity index (χ2v) is 6.78. The lowest BCUT2D eigenvalue weighted by Crippen LogP contribution is -2.24. The third kappa shape index (κ3) is 3.34. The second-order valence-electron chi connectivity index (χ2n) is 5.80. The Morgan fingerprint density at radius 2 is 1.76 bits per heavy atom. The Balaban J connectivity index is 1.75. The van der Waals surface area contributed by atoms with E-state index < -0.39 is 0 Å². The first kappa shape index (κ1) is 14.3. The molecule has 1 N–H and O–H groups in total. The maximum absolute atomic E-state index is 3.71. The fraction of sp³-hybridized carbons (Fsp3) is 0.263. The maximum atomic E-state index is 3.71. The molecular weight excluding hydrogens is 274 g/mol. The fourth-order valence-corrected chi connectivity index (χ4v) is 3.68. The average Bonchev–Trinajstić information content (AvgIpc) is 3.01. The SMILES string of the molecule is CC(C)[C@@H](NCc1ccc2ccccc2c1)c1cccs1. The zero-order chi connectivity index (χ0) is 14.7. The smallest absolute Gasteiger partial charge is 0.0440 e. The number of thiophene rings is 1. The van der Waals surface area contributed by atoms with E-state index in [1.807, 2.05) is 11.3 Å². The van der Waals surface area contributed by atoms with Crippen molar-refractivity contribution in [1.29, 1.82) is 0 Å². The summed E-state index contributed by atoms with van der Waals surface area (Å²) >= 11 is 1.83. The van der Waals surface area contributed by atoms with Crippen molar-refractivity contribution in [2.75, 3.05) is 0 Å². The van der Waals surface area contributed by atoms with E-state index in [0.29, 0.717) is 12.0 Å². The Labute approximate surface area is 130 Å². The molecule has 21 heavy (non-hydrogen) atoms. The molecule has 0 spiro atoms. The molecule has 108 valence electrons. The Kier molecular flexibility index (Phi) is 4.37. The van der Waals surface area contributed by atoms with Gasteiger partial charge in [0.2, 0.25) is 0 Å². The maximum Gasteiger partial charge on any atom is 0.0440 e. The van der Waals surface area contributed by atoms with E-state index in [4.69, 9.17) is 0 Å². The number of hydrogen-bond donors (Lipinski definition) is 1. The lowest BCUT2D eigenvalue weighted by Gasteiger charge is -2.21. The van der Waals surface area contributed by atoms with Crippen molar-refractivity contribution < 1.29 is 0 Å². The van der Waals surface area contributed by atoms with Crippen LogP contribution in [0.15, 0.2) is 60.0 Å². The highest BCUT2D eigenvalue weighted by Gasteiger charge is 2.15. The van der Waals surface area contributed by atoms with E-state index in [2.05, 4.69) is 79.1 Å². The van der Waals surface area contributed by atoms with Gasteiger partial charge in [0.1, 0.15) is 0 Å². The summed E-state index contributed by atoms with van der Waals surface area (Å²) in [4.78, 5) is 1.42. The predicted molar refractivity (Wildman–Crippen MR) is 92.7 cm³/mol. The Morgan fingerprint density at radius 3 is 2.48 bits per heavy atom. The standard InChI is InChI=1S/C19H21NS/c1-14(2)19(18-8-5-11-21-18)20-13-15-9-10-16-6-3-4-7-17(16)12-15/h3-12,14,19-20H,13H2,1-2H3/t19-/m1/s1. The minimum atomic E-state index is 0.427. The van der Waals surface area contributed by atoms with Crippen LogP contribution in [0.25, 0.3) is 10.8 Å². The molecular formula is C19H21NS. The topological polar surface area (TPSA) is 12.0 Å². The van der Waals surface area contributed by atoms with Crippen LogP contribution in [0.4, 0.5) is 0 Å². The monoisotopic (exact) mass is 295 g/mol. The van der Waals surface area contributed by atoms with Gasteiger partial charge in [0, 0.05) is 17.5 Å². The first-order valence-electron chi connectivity index (χ1n) is 7.48. The van der Waals surface area contributed by atoms with Crippen LogP contribution in [-0.2, 0) is 6.54 Å². The minimum absolute atomic E-state index is 0.427. The highest BCUT2D eigenvalue weighted by molar-refractivity contribution is 7.10. The number of nitrogens with one attached hydrogen (secondary N) is 1. The van der Waals surface area contributed by atoms with Crippen molar-refractivity contribution in [2.24, 2.45) is 5.92 Å². The van der Waals surface area contributed by atoms with Crippen LogP contribution >= 0.6 is 11.3 Å². The molecule has 2 heteroatoms. The summed E-state index contributed by atoms with van der Waals surface area (Å²) in [5, 5.41) is 8.49. The summed E-state index contributed by atoms with van der Waals surface area (Å²) in [6.07, 6.45) is 0. The van der Waals surface area contributed by atoms with E-state index in [1.54, 1.807) is 0 Å². The zero-order valence-electron chi connectivity index (χ0n) is 12.5. The van der Waals surface area contributed by atoms with Crippen LogP contribution in [0.1, 0.15) is 30.3 Å². The molecule has 1 aromatic heterocycles. The van der Waals surface area contributed by atoms with Crippen LogP contribution in [0.5, 0.6) is 0 Å². The van der Waals surface area contributed by atoms with Gasteiger partial charge in [-0.3, -0.25) is 0 Å². The molecule has 0 bridgehead atoms. The summed E-state index contributed by atoms with van der Waals surface area (Å²) in [6, 6.07) is 20.0. The van der Waals surface area contributed by atoms with Gasteiger partial charge in [0.15, 0.2) is 0 Å². The normalized spacial score (nSPS) is 12.9. The molecule has 3 aromatic rings. The summed E-state index contributed by atoms with van der Waals surface area (Å²) in [6.45, 7) is 5.46. The quantitative estimate of drug-likeness (QED) is 0.665. The molecule has 0 unspecified atom stereocenters.